The van der Waals surface area contributed by atoms with Crippen molar-refractivity contribution in [3.8, 4) is 11.5 Å². The Kier molecular flexibility index (Phi) is 4.54. The van der Waals surface area contributed by atoms with Gasteiger partial charge >= 0.3 is 0 Å². The first-order valence-electron chi connectivity index (χ1n) is 8.81. The molecule has 2 aliphatic heterocycles. The van der Waals surface area contributed by atoms with Crippen LogP contribution in [0.15, 0.2) is 18.2 Å². The number of nitrogens with zero attached hydrogens (tertiary/aromatic N) is 6. The molecule has 0 bridgehead atoms. The third-order valence-electron chi connectivity index (χ3n) is 4.99. The molecule has 134 valence electrons. The van der Waals surface area contributed by atoms with Crippen molar-refractivity contribution in [2.45, 2.75) is 25.9 Å². The maximum Gasteiger partial charge on any atom is 0.231 e. The molecule has 0 radical (unpaired) electrons. The van der Waals surface area contributed by atoms with Gasteiger partial charge in [-0.25, -0.2) is 4.68 Å². The van der Waals surface area contributed by atoms with Gasteiger partial charge in [0, 0.05) is 26.2 Å². The highest BCUT2D eigenvalue weighted by Gasteiger charge is 2.27. The average Bonchev–Trinajstić information content (AvgIpc) is 3.27. The summed E-state index contributed by atoms with van der Waals surface area (Å²) in [6.07, 6.45) is 0.991. The summed E-state index contributed by atoms with van der Waals surface area (Å²) < 4.78 is 12.7. The fraction of sp³-hybridized carbons (Fsp3) is 0.588. The normalized spacial score (nSPS) is 19.3. The number of hydrogen-bond acceptors (Lipinski definition) is 7. The van der Waals surface area contributed by atoms with E-state index in [1.54, 1.807) is 0 Å². The molecule has 1 aromatic heterocycles. The van der Waals surface area contributed by atoms with Crippen molar-refractivity contribution in [2.75, 3.05) is 40.0 Å². The predicted octanol–water partition coefficient (Wildman–Crippen LogP) is 1.15. The summed E-state index contributed by atoms with van der Waals surface area (Å²) in [6, 6.07) is 6.23. The topological polar surface area (TPSA) is 68.5 Å². The third kappa shape index (κ3) is 3.32. The maximum atomic E-state index is 5.47. The van der Waals surface area contributed by atoms with E-state index in [0.29, 0.717) is 6.54 Å². The molecule has 1 saturated heterocycles. The summed E-state index contributed by atoms with van der Waals surface area (Å²) in [5.41, 5.74) is 1.10. The highest BCUT2D eigenvalue weighted by Crippen LogP contribution is 2.33. The Bertz CT molecular complexity index is 726. The molecule has 1 unspecified atom stereocenters. The van der Waals surface area contributed by atoms with Gasteiger partial charge in [-0.3, -0.25) is 4.90 Å². The number of hydrogen-bond donors (Lipinski definition) is 0. The van der Waals surface area contributed by atoms with Crippen LogP contribution in [0.25, 0.3) is 0 Å². The first-order chi connectivity index (χ1) is 12.2. The number of likely N-dealkylation sites (N-methyl/N-ethyl adjacent to an activating group) is 1. The van der Waals surface area contributed by atoms with E-state index in [1.807, 2.05) is 22.9 Å². The first kappa shape index (κ1) is 16.3. The molecule has 8 nitrogen and oxygen atoms in total. The Morgan fingerprint density at radius 2 is 1.92 bits per heavy atom. The molecule has 1 fully saturated rings. The second-order valence-corrected chi connectivity index (χ2v) is 6.65. The number of tetrazole rings is 1. The van der Waals surface area contributed by atoms with Crippen molar-refractivity contribution in [1.29, 1.82) is 0 Å². The Morgan fingerprint density at radius 3 is 2.72 bits per heavy atom. The molecule has 25 heavy (non-hydrogen) atoms. The minimum atomic E-state index is 0.248. The van der Waals surface area contributed by atoms with Crippen molar-refractivity contribution >= 4 is 0 Å². The second-order valence-electron chi connectivity index (χ2n) is 6.65. The van der Waals surface area contributed by atoms with E-state index in [1.165, 1.54) is 0 Å². The molecule has 3 heterocycles. The zero-order valence-corrected chi connectivity index (χ0v) is 14.8. The van der Waals surface area contributed by atoms with Crippen LogP contribution >= 0.6 is 0 Å². The Balaban J connectivity index is 1.53. The van der Waals surface area contributed by atoms with Crippen LogP contribution in [-0.4, -0.2) is 70.0 Å². The predicted molar refractivity (Wildman–Crippen MR) is 91.6 cm³/mol. The SMILES string of the molecule is CCC(c1nnnn1Cc1ccc2c(c1)OCO2)N1CCN(C)CC1. The van der Waals surface area contributed by atoms with Gasteiger partial charge in [-0.1, -0.05) is 13.0 Å². The first-order valence-corrected chi connectivity index (χ1v) is 8.81. The van der Waals surface area contributed by atoms with Gasteiger partial charge < -0.3 is 14.4 Å². The number of benzene rings is 1. The van der Waals surface area contributed by atoms with E-state index in [2.05, 4.69) is 39.3 Å². The van der Waals surface area contributed by atoms with Crippen molar-refractivity contribution in [1.82, 2.24) is 30.0 Å². The van der Waals surface area contributed by atoms with Gasteiger partial charge in [0.25, 0.3) is 0 Å². The number of piperazine rings is 1. The summed E-state index contributed by atoms with van der Waals surface area (Å²) in [7, 11) is 2.17. The maximum absolute atomic E-state index is 5.47. The Labute approximate surface area is 147 Å². The molecule has 0 saturated carbocycles. The lowest BCUT2D eigenvalue weighted by Crippen LogP contribution is -2.46. The lowest BCUT2D eigenvalue weighted by Gasteiger charge is -2.36. The average molecular weight is 344 g/mol. The number of aromatic nitrogens is 4. The summed E-state index contributed by atoms with van der Waals surface area (Å²) in [5, 5.41) is 12.5. The zero-order chi connectivity index (χ0) is 17.2. The van der Waals surface area contributed by atoms with E-state index in [9.17, 15) is 0 Å². The Morgan fingerprint density at radius 1 is 1.12 bits per heavy atom. The van der Waals surface area contributed by atoms with Gasteiger partial charge in [0.2, 0.25) is 6.79 Å². The molecular formula is C17H24N6O2. The van der Waals surface area contributed by atoms with Crippen LogP contribution in [0.2, 0.25) is 0 Å². The summed E-state index contributed by atoms with van der Waals surface area (Å²) in [5.74, 6) is 2.52. The quantitative estimate of drug-likeness (QED) is 0.806. The number of rotatable bonds is 5. The Hall–Kier alpha value is -2.19. The van der Waals surface area contributed by atoms with Gasteiger partial charge in [-0.2, -0.15) is 0 Å². The standard InChI is InChI=1S/C17H24N6O2/c1-3-14(22-8-6-21(2)7-9-22)17-18-19-20-23(17)11-13-4-5-15-16(10-13)25-12-24-15/h4-5,10,14H,3,6-9,11-12H2,1-2H3. The molecule has 0 amide bonds. The van der Waals surface area contributed by atoms with E-state index < -0.39 is 0 Å². The van der Waals surface area contributed by atoms with Gasteiger partial charge in [-0.15, -0.1) is 5.10 Å². The molecule has 0 spiro atoms. The van der Waals surface area contributed by atoms with Crippen molar-refractivity contribution in [2.24, 2.45) is 0 Å². The van der Waals surface area contributed by atoms with Crippen LogP contribution in [0, 0.1) is 0 Å². The molecule has 0 N–H and O–H groups in total. The fourth-order valence-electron chi connectivity index (χ4n) is 3.51. The van der Waals surface area contributed by atoms with Crippen LogP contribution < -0.4 is 9.47 Å². The lowest BCUT2D eigenvalue weighted by atomic mass is 10.1. The highest BCUT2D eigenvalue weighted by atomic mass is 16.7. The highest BCUT2D eigenvalue weighted by molar-refractivity contribution is 5.44. The van der Waals surface area contributed by atoms with Crippen LogP contribution in [0.4, 0.5) is 0 Å². The number of fused-ring (bicyclic) bond motifs is 1. The van der Waals surface area contributed by atoms with Crippen molar-refractivity contribution < 1.29 is 9.47 Å². The van der Waals surface area contributed by atoms with Crippen molar-refractivity contribution in [3.05, 3.63) is 29.6 Å². The van der Waals surface area contributed by atoms with Gasteiger partial charge in [0.15, 0.2) is 17.3 Å². The minimum absolute atomic E-state index is 0.248. The molecule has 2 aliphatic rings. The van der Waals surface area contributed by atoms with E-state index in [0.717, 1.165) is 55.5 Å². The second kappa shape index (κ2) is 6.97. The minimum Gasteiger partial charge on any atom is -0.454 e. The van der Waals surface area contributed by atoms with Gasteiger partial charge in [-0.05, 0) is 41.6 Å². The van der Waals surface area contributed by atoms with Crippen LogP contribution in [0.5, 0.6) is 11.5 Å². The molecular weight excluding hydrogens is 320 g/mol. The van der Waals surface area contributed by atoms with Crippen LogP contribution in [-0.2, 0) is 6.54 Å². The largest absolute Gasteiger partial charge is 0.454 e. The fourth-order valence-corrected chi connectivity index (χ4v) is 3.51. The molecule has 4 rings (SSSR count). The molecule has 1 atom stereocenters. The molecule has 8 heteroatoms. The van der Waals surface area contributed by atoms with E-state index >= 15 is 0 Å². The van der Waals surface area contributed by atoms with Gasteiger partial charge in [0.1, 0.15) is 0 Å². The lowest BCUT2D eigenvalue weighted by molar-refractivity contribution is 0.103. The van der Waals surface area contributed by atoms with Crippen molar-refractivity contribution in [3.63, 3.8) is 0 Å². The monoisotopic (exact) mass is 344 g/mol. The summed E-state index contributed by atoms with van der Waals surface area (Å²) in [4.78, 5) is 4.85. The van der Waals surface area contributed by atoms with E-state index in [-0.39, 0.29) is 12.8 Å². The molecule has 2 aromatic rings. The van der Waals surface area contributed by atoms with Gasteiger partial charge in [0.05, 0.1) is 12.6 Å². The summed E-state index contributed by atoms with van der Waals surface area (Å²) in [6.45, 7) is 7.38. The van der Waals surface area contributed by atoms with Crippen LogP contribution in [0.3, 0.4) is 0 Å². The van der Waals surface area contributed by atoms with Crippen LogP contribution in [0.1, 0.15) is 30.8 Å². The molecule has 0 aliphatic carbocycles. The smallest absolute Gasteiger partial charge is 0.231 e. The number of ether oxygens (including phenoxy) is 2. The zero-order valence-electron chi connectivity index (χ0n) is 14.8. The van der Waals surface area contributed by atoms with E-state index in [4.69, 9.17) is 9.47 Å². The molecule has 1 aromatic carbocycles. The summed E-state index contributed by atoms with van der Waals surface area (Å²) >= 11 is 0. The third-order valence-corrected chi connectivity index (χ3v) is 4.99.